The minimum Gasteiger partial charge on any atom is -0.299 e. The number of Topliss-reactive ketones (excluding diaryl/α,β-unsaturated/α-hetero) is 1. The predicted octanol–water partition coefficient (Wildman–Crippen LogP) is 2.43. The minimum atomic E-state index is -0.00190. The summed E-state index contributed by atoms with van der Waals surface area (Å²) in [7, 11) is 0. The summed E-state index contributed by atoms with van der Waals surface area (Å²) in [6.45, 7) is 6.62. The summed E-state index contributed by atoms with van der Waals surface area (Å²) in [6, 6.07) is 10.4. The Morgan fingerprint density at radius 3 is 2.70 bits per heavy atom. The molecule has 3 heteroatoms. The van der Waals surface area contributed by atoms with E-state index in [9.17, 15) is 4.79 Å². The van der Waals surface area contributed by atoms with Crippen LogP contribution in [0.15, 0.2) is 30.3 Å². The number of carbonyl (C=O) groups is 1. The molecule has 0 aliphatic carbocycles. The first kappa shape index (κ1) is 13.8. The molecule has 3 rings (SSSR count). The molecule has 0 N–H and O–H groups in total. The lowest BCUT2D eigenvalue weighted by atomic mass is 10.0. The first-order valence-electron chi connectivity index (χ1n) is 7.83. The second-order valence-electron chi connectivity index (χ2n) is 6.09. The maximum absolute atomic E-state index is 12.6. The summed E-state index contributed by atoms with van der Waals surface area (Å²) in [5.74, 6) is 0.261. The van der Waals surface area contributed by atoms with E-state index in [4.69, 9.17) is 0 Å². The molecule has 1 aromatic carbocycles. The van der Waals surface area contributed by atoms with E-state index < -0.39 is 0 Å². The number of fused-ring (bicyclic) bond motifs is 1. The molecule has 2 atom stereocenters. The van der Waals surface area contributed by atoms with Crippen LogP contribution in [0, 0.1) is 0 Å². The summed E-state index contributed by atoms with van der Waals surface area (Å²) >= 11 is 0. The standard InChI is InChI=1S/C17H24N2O/c1-14(17(20)15-7-3-2-4-8-15)19-12-6-11-18-10-5-9-16(18)13-19/h2-4,7-8,14,16H,5-6,9-13H2,1H3. The number of ketones is 1. The molecule has 20 heavy (non-hydrogen) atoms. The Balaban J connectivity index is 1.70. The molecule has 0 bridgehead atoms. The van der Waals surface area contributed by atoms with Crippen molar-refractivity contribution < 1.29 is 4.79 Å². The molecule has 2 saturated heterocycles. The van der Waals surface area contributed by atoms with Crippen molar-refractivity contribution in [2.24, 2.45) is 0 Å². The van der Waals surface area contributed by atoms with Gasteiger partial charge in [-0.15, -0.1) is 0 Å². The van der Waals surface area contributed by atoms with Gasteiger partial charge in [-0.25, -0.2) is 0 Å². The second-order valence-corrected chi connectivity index (χ2v) is 6.09. The van der Waals surface area contributed by atoms with Gasteiger partial charge in [-0.05, 0) is 39.3 Å². The van der Waals surface area contributed by atoms with Crippen LogP contribution in [0.2, 0.25) is 0 Å². The topological polar surface area (TPSA) is 23.6 Å². The van der Waals surface area contributed by atoms with Gasteiger partial charge in [-0.1, -0.05) is 30.3 Å². The van der Waals surface area contributed by atoms with E-state index in [0.29, 0.717) is 6.04 Å². The highest BCUT2D eigenvalue weighted by Gasteiger charge is 2.32. The molecular weight excluding hydrogens is 248 g/mol. The summed E-state index contributed by atoms with van der Waals surface area (Å²) in [5, 5.41) is 0. The third-order valence-corrected chi connectivity index (χ3v) is 4.82. The van der Waals surface area contributed by atoms with Crippen LogP contribution < -0.4 is 0 Å². The lowest BCUT2D eigenvalue weighted by molar-refractivity contribution is 0.0827. The smallest absolute Gasteiger partial charge is 0.179 e. The van der Waals surface area contributed by atoms with Crippen molar-refractivity contribution in [3.05, 3.63) is 35.9 Å². The van der Waals surface area contributed by atoms with Crippen molar-refractivity contribution in [2.75, 3.05) is 26.2 Å². The van der Waals surface area contributed by atoms with Crippen LogP contribution in [0.4, 0.5) is 0 Å². The Morgan fingerprint density at radius 1 is 1.15 bits per heavy atom. The van der Waals surface area contributed by atoms with Gasteiger partial charge in [0.05, 0.1) is 6.04 Å². The number of carbonyl (C=O) groups excluding carboxylic acids is 1. The lowest BCUT2D eigenvalue weighted by Gasteiger charge is -2.29. The van der Waals surface area contributed by atoms with Crippen LogP contribution in [-0.4, -0.2) is 53.8 Å². The molecule has 0 saturated carbocycles. The molecule has 0 radical (unpaired) electrons. The van der Waals surface area contributed by atoms with E-state index in [1.54, 1.807) is 0 Å². The Bertz CT molecular complexity index is 459. The Hall–Kier alpha value is -1.19. The second kappa shape index (κ2) is 6.06. The molecular formula is C17H24N2O. The van der Waals surface area contributed by atoms with Gasteiger partial charge in [0, 0.05) is 24.7 Å². The number of hydrogen-bond donors (Lipinski definition) is 0. The van der Waals surface area contributed by atoms with Gasteiger partial charge in [-0.2, -0.15) is 0 Å². The third-order valence-electron chi connectivity index (χ3n) is 4.82. The van der Waals surface area contributed by atoms with Crippen molar-refractivity contribution >= 4 is 5.78 Å². The lowest BCUT2D eigenvalue weighted by Crippen LogP contribution is -2.44. The Kier molecular flexibility index (Phi) is 4.18. The fourth-order valence-corrected chi connectivity index (χ4v) is 3.60. The van der Waals surface area contributed by atoms with Crippen molar-refractivity contribution in [1.82, 2.24) is 9.80 Å². The van der Waals surface area contributed by atoms with Crippen molar-refractivity contribution in [3.8, 4) is 0 Å². The van der Waals surface area contributed by atoms with Gasteiger partial charge >= 0.3 is 0 Å². The van der Waals surface area contributed by atoms with Crippen LogP contribution in [-0.2, 0) is 0 Å². The number of benzene rings is 1. The minimum absolute atomic E-state index is 0.00190. The average molecular weight is 272 g/mol. The van der Waals surface area contributed by atoms with Gasteiger partial charge in [-0.3, -0.25) is 14.6 Å². The maximum Gasteiger partial charge on any atom is 0.179 e. The number of nitrogens with zero attached hydrogens (tertiary/aromatic N) is 2. The van der Waals surface area contributed by atoms with E-state index >= 15 is 0 Å². The maximum atomic E-state index is 12.6. The monoisotopic (exact) mass is 272 g/mol. The molecule has 2 unspecified atom stereocenters. The van der Waals surface area contributed by atoms with Crippen molar-refractivity contribution in [1.29, 1.82) is 0 Å². The van der Waals surface area contributed by atoms with E-state index in [-0.39, 0.29) is 11.8 Å². The summed E-state index contributed by atoms with van der Waals surface area (Å²) in [4.78, 5) is 17.6. The molecule has 1 aromatic rings. The first-order valence-corrected chi connectivity index (χ1v) is 7.83. The molecule has 2 heterocycles. The zero-order valence-electron chi connectivity index (χ0n) is 12.3. The van der Waals surface area contributed by atoms with Crippen LogP contribution in [0.3, 0.4) is 0 Å². The van der Waals surface area contributed by atoms with Crippen molar-refractivity contribution in [2.45, 2.75) is 38.3 Å². The SMILES string of the molecule is CC(C(=O)c1ccccc1)N1CCCN2CCCC2C1. The molecule has 0 spiro atoms. The van der Waals surface area contributed by atoms with E-state index in [1.807, 2.05) is 30.3 Å². The van der Waals surface area contributed by atoms with E-state index in [0.717, 1.165) is 18.7 Å². The van der Waals surface area contributed by atoms with Gasteiger partial charge in [0.1, 0.15) is 0 Å². The molecule has 0 aromatic heterocycles. The largest absolute Gasteiger partial charge is 0.299 e. The van der Waals surface area contributed by atoms with Gasteiger partial charge in [0.25, 0.3) is 0 Å². The Morgan fingerprint density at radius 2 is 1.90 bits per heavy atom. The quantitative estimate of drug-likeness (QED) is 0.790. The highest BCUT2D eigenvalue weighted by molar-refractivity contribution is 5.99. The van der Waals surface area contributed by atoms with Crippen LogP contribution in [0.5, 0.6) is 0 Å². The highest BCUT2D eigenvalue weighted by Crippen LogP contribution is 2.23. The normalized spacial score (nSPS) is 25.9. The Labute approximate surface area is 121 Å². The first-order chi connectivity index (χ1) is 9.75. The van der Waals surface area contributed by atoms with Crippen molar-refractivity contribution in [3.63, 3.8) is 0 Å². The summed E-state index contributed by atoms with van der Waals surface area (Å²) < 4.78 is 0. The third kappa shape index (κ3) is 2.79. The van der Waals surface area contributed by atoms with Crippen LogP contribution in [0.25, 0.3) is 0 Å². The fraction of sp³-hybridized carbons (Fsp3) is 0.588. The van der Waals surface area contributed by atoms with Gasteiger partial charge < -0.3 is 0 Å². The zero-order valence-corrected chi connectivity index (χ0v) is 12.3. The molecule has 2 aliphatic rings. The summed E-state index contributed by atoms with van der Waals surface area (Å²) in [6.07, 6.45) is 3.80. The van der Waals surface area contributed by atoms with Crippen LogP contribution in [0.1, 0.15) is 36.5 Å². The molecule has 0 amide bonds. The predicted molar refractivity (Wildman–Crippen MR) is 81.0 cm³/mol. The fourth-order valence-electron chi connectivity index (χ4n) is 3.60. The highest BCUT2D eigenvalue weighted by atomic mass is 16.1. The molecule has 2 aliphatic heterocycles. The zero-order chi connectivity index (χ0) is 13.9. The van der Waals surface area contributed by atoms with Gasteiger partial charge in [0.15, 0.2) is 5.78 Å². The summed E-state index contributed by atoms with van der Waals surface area (Å²) in [5.41, 5.74) is 0.840. The van der Waals surface area contributed by atoms with Crippen LogP contribution >= 0.6 is 0 Å². The van der Waals surface area contributed by atoms with E-state index in [1.165, 1.54) is 32.4 Å². The number of rotatable bonds is 3. The number of hydrogen-bond acceptors (Lipinski definition) is 3. The molecule has 2 fully saturated rings. The molecule has 108 valence electrons. The molecule has 3 nitrogen and oxygen atoms in total. The van der Waals surface area contributed by atoms with E-state index in [2.05, 4.69) is 16.7 Å². The average Bonchev–Trinajstić information content (AvgIpc) is 2.83. The van der Waals surface area contributed by atoms with Gasteiger partial charge in [0.2, 0.25) is 0 Å².